The van der Waals surface area contributed by atoms with Gasteiger partial charge in [-0.25, -0.2) is 9.50 Å². The molecule has 0 aromatic carbocycles. The number of nitrogens with one attached hydrogen (secondary N) is 1. The summed E-state index contributed by atoms with van der Waals surface area (Å²) < 4.78 is 1.74. The minimum absolute atomic E-state index is 0.107. The largest absolute Gasteiger partial charge is 0.481 e. The van der Waals surface area contributed by atoms with Crippen LogP contribution in [-0.2, 0) is 11.2 Å². The predicted molar refractivity (Wildman–Crippen MR) is 56.2 cm³/mol. The molecule has 0 bridgehead atoms. The van der Waals surface area contributed by atoms with Crippen LogP contribution in [0.1, 0.15) is 5.69 Å². The number of pyridine rings is 1. The molecular formula is C10H8N4O2. The minimum atomic E-state index is -0.901. The minimum Gasteiger partial charge on any atom is -0.481 e. The Hall–Kier alpha value is -2.37. The molecular weight excluding hydrogens is 208 g/mol. The number of nitrogens with zero attached hydrogens (tertiary/aromatic N) is 3. The van der Waals surface area contributed by atoms with E-state index in [9.17, 15) is 4.79 Å². The molecule has 3 aromatic heterocycles. The topological polar surface area (TPSA) is 83.3 Å². The van der Waals surface area contributed by atoms with Crippen molar-refractivity contribution in [2.75, 3.05) is 0 Å². The van der Waals surface area contributed by atoms with E-state index in [0.717, 1.165) is 16.7 Å². The summed E-state index contributed by atoms with van der Waals surface area (Å²) in [6, 6.07) is 3.59. The van der Waals surface area contributed by atoms with E-state index in [4.69, 9.17) is 5.11 Å². The van der Waals surface area contributed by atoms with Crippen LogP contribution in [-0.4, -0.2) is 30.7 Å². The van der Waals surface area contributed by atoms with Gasteiger partial charge in [-0.2, -0.15) is 0 Å². The number of imidazole rings is 1. The van der Waals surface area contributed by atoms with Gasteiger partial charge in [0.05, 0.1) is 17.6 Å². The third-order valence-electron chi connectivity index (χ3n) is 2.42. The first-order valence-corrected chi connectivity index (χ1v) is 4.77. The summed E-state index contributed by atoms with van der Waals surface area (Å²) in [4.78, 5) is 19.2. The van der Waals surface area contributed by atoms with Crippen molar-refractivity contribution >= 4 is 22.6 Å². The quantitative estimate of drug-likeness (QED) is 0.664. The number of aliphatic carboxylic acids is 1. The van der Waals surface area contributed by atoms with Crippen LogP contribution in [0, 0.1) is 0 Å². The van der Waals surface area contributed by atoms with E-state index >= 15 is 0 Å². The van der Waals surface area contributed by atoms with Crippen molar-refractivity contribution in [1.29, 1.82) is 0 Å². The van der Waals surface area contributed by atoms with Crippen LogP contribution < -0.4 is 0 Å². The van der Waals surface area contributed by atoms with Gasteiger partial charge >= 0.3 is 5.97 Å². The maximum atomic E-state index is 10.7. The van der Waals surface area contributed by atoms with Gasteiger partial charge in [0.15, 0.2) is 5.65 Å². The number of carbonyl (C=O) groups is 1. The van der Waals surface area contributed by atoms with Crippen LogP contribution >= 0.6 is 0 Å². The fourth-order valence-electron chi connectivity index (χ4n) is 1.81. The maximum absolute atomic E-state index is 10.7. The number of hydrogen-bond acceptors (Lipinski definition) is 3. The molecule has 0 saturated carbocycles. The fraction of sp³-hybridized carbons (Fsp3) is 0.100. The highest BCUT2D eigenvalue weighted by molar-refractivity contribution is 5.85. The Morgan fingerprint density at radius 3 is 3.19 bits per heavy atom. The fourth-order valence-corrected chi connectivity index (χ4v) is 1.81. The number of aromatic amines is 1. The van der Waals surface area contributed by atoms with Crippen LogP contribution in [0.3, 0.4) is 0 Å². The second-order valence-electron chi connectivity index (χ2n) is 3.46. The molecule has 0 radical (unpaired) electrons. The Kier molecular flexibility index (Phi) is 1.70. The average Bonchev–Trinajstić information content (AvgIpc) is 2.75. The number of H-pyrrole nitrogens is 1. The van der Waals surface area contributed by atoms with Gasteiger partial charge in [-0.05, 0) is 6.07 Å². The van der Waals surface area contributed by atoms with E-state index in [0.29, 0.717) is 5.69 Å². The van der Waals surface area contributed by atoms with E-state index in [1.807, 2.05) is 6.07 Å². The van der Waals surface area contributed by atoms with Gasteiger partial charge in [0.1, 0.15) is 5.52 Å². The van der Waals surface area contributed by atoms with Crippen LogP contribution in [0.5, 0.6) is 0 Å². The summed E-state index contributed by atoms with van der Waals surface area (Å²) in [6.07, 6.45) is 3.22. The van der Waals surface area contributed by atoms with Crippen molar-refractivity contribution in [3.63, 3.8) is 0 Å². The molecule has 3 rings (SSSR count). The summed E-state index contributed by atoms with van der Waals surface area (Å²) in [5, 5.41) is 11.8. The molecule has 0 unspecified atom stereocenters. The highest BCUT2D eigenvalue weighted by Gasteiger charge is 2.12. The molecule has 0 saturated heterocycles. The highest BCUT2D eigenvalue weighted by atomic mass is 16.4. The van der Waals surface area contributed by atoms with Crippen LogP contribution in [0.2, 0.25) is 0 Å². The molecule has 0 spiro atoms. The molecule has 0 atom stereocenters. The maximum Gasteiger partial charge on any atom is 0.309 e. The van der Waals surface area contributed by atoms with Crippen LogP contribution in [0.25, 0.3) is 16.7 Å². The Morgan fingerprint density at radius 2 is 2.38 bits per heavy atom. The zero-order valence-corrected chi connectivity index (χ0v) is 8.21. The lowest BCUT2D eigenvalue weighted by molar-refractivity contribution is -0.136. The first-order valence-electron chi connectivity index (χ1n) is 4.77. The molecule has 0 aliphatic rings. The van der Waals surface area contributed by atoms with Crippen LogP contribution in [0.15, 0.2) is 24.5 Å². The monoisotopic (exact) mass is 216 g/mol. The Bertz CT molecular complexity index is 682. The standard InChI is InChI=1S/C10H8N4O2/c15-9(16)5-7-10-6(1-3-11-7)13-8-2-4-12-14(8)10/h1-4,12H,5H2,(H,15,16). The molecule has 3 aromatic rings. The van der Waals surface area contributed by atoms with Gasteiger partial charge in [0.2, 0.25) is 0 Å². The number of rotatable bonds is 2. The Morgan fingerprint density at radius 1 is 1.50 bits per heavy atom. The van der Waals surface area contributed by atoms with Crippen molar-refractivity contribution in [3.05, 3.63) is 30.2 Å². The van der Waals surface area contributed by atoms with Crippen molar-refractivity contribution in [2.45, 2.75) is 6.42 Å². The van der Waals surface area contributed by atoms with E-state index in [1.54, 1.807) is 23.0 Å². The van der Waals surface area contributed by atoms with Crippen molar-refractivity contribution < 1.29 is 9.90 Å². The molecule has 0 fully saturated rings. The Labute approximate surface area is 89.5 Å². The number of carboxylic acid groups (broad SMARTS) is 1. The molecule has 6 nitrogen and oxygen atoms in total. The number of aromatic nitrogens is 4. The highest BCUT2D eigenvalue weighted by Crippen LogP contribution is 2.18. The molecule has 0 aliphatic carbocycles. The van der Waals surface area contributed by atoms with Crippen molar-refractivity contribution in [2.24, 2.45) is 0 Å². The summed E-state index contributed by atoms with van der Waals surface area (Å²) in [5.74, 6) is -0.901. The van der Waals surface area contributed by atoms with Crippen molar-refractivity contribution in [3.8, 4) is 0 Å². The zero-order chi connectivity index (χ0) is 11.1. The van der Waals surface area contributed by atoms with E-state index in [-0.39, 0.29) is 6.42 Å². The third kappa shape index (κ3) is 1.16. The first kappa shape index (κ1) is 8.90. The molecule has 0 aliphatic heterocycles. The van der Waals surface area contributed by atoms with Crippen molar-refractivity contribution in [1.82, 2.24) is 19.6 Å². The van der Waals surface area contributed by atoms with Crippen LogP contribution in [0.4, 0.5) is 0 Å². The van der Waals surface area contributed by atoms with E-state index < -0.39 is 5.97 Å². The molecule has 6 heteroatoms. The summed E-state index contributed by atoms with van der Waals surface area (Å²) in [7, 11) is 0. The number of fused-ring (bicyclic) bond motifs is 3. The molecule has 80 valence electrons. The van der Waals surface area contributed by atoms with Gasteiger partial charge in [0.25, 0.3) is 0 Å². The second kappa shape index (κ2) is 3.06. The first-order chi connectivity index (χ1) is 7.75. The lowest BCUT2D eigenvalue weighted by Gasteiger charge is -1.98. The SMILES string of the molecule is O=C(O)Cc1nccc2nc3cc[nH]n3c12. The Balaban J connectivity index is 2.37. The lowest BCUT2D eigenvalue weighted by atomic mass is 10.2. The van der Waals surface area contributed by atoms with Gasteiger partial charge in [-0.1, -0.05) is 0 Å². The number of hydrogen-bond donors (Lipinski definition) is 2. The van der Waals surface area contributed by atoms with Gasteiger partial charge in [-0.3, -0.25) is 14.9 Å². The van der Waals surface area contributed by atoms with Gasteiger partial charge in [-0.15, -0.1) is 0 Å². The molecule has 2 N–H and O–H groups in total. The summed E-state index contributed by atoms with van der Waals surface area (Å²) in [6.45, 7) is 0. The molecule has 0 amide bonds. The number of carboxylic acids is 1. The predicted octanol–water partition coefficient (Wildman–Crippen LogP) is 0.838. The summed E-state index contributed by atoms with van der Waals surface area (Å²) >= 11 is 0. The van der Waals surface area contributed by atoms with Gasteiger partial charge < -0.3 is 5.11 Å². The average molecular weight is 216 g/mol. The zero-order valence-electron chi connectivity index (χ0n) is 8.21. The van der Waals surface area contributed by atoms with E-state index in [2.05, 4.69) is 15.1 Å². The second-order valence-corrected chi connectivity index (χ2v) is 3.46. The van der Waals surface area contributed by atoms with Gasteiger partial charge in [0, 0.05) is 18.5 Å². The molecule has 16 heavy (non-hydrogen) atoms. The molecule has 3 heterocycles. The normalized spacial score (nSPS) is 11.2. The third-order valence-corrected chi connectivity index (χ3v) is 2.42. The smallest absolute Gasteiger partial charge is 0.309 e. The lowest BCUT2D eigenvalue weighted by Crippen LogP contribution is -2.04. The van der Waals surface area contributed by atoms with E-state index in [1.165, 1.54) is 0 Å². The summed E-state index contributed by atoms with van der Waals surface area (Å²) in [5.41, 5.74) is 2.75.